The number of amides is 1. The van der Waals surface area contributed by atoms with E-state index in [9.17, 15) is 9.18 Å². The summed E-state index contributed by atoms with van der Waals surface area (Å²) in [5.74, 6) is 0.323. The number of benzene rings is 3. The monoisotopic (exact) mass is 477 g/mol. The van der Waals surface area contributed by atoms with Crippen LogP contribution in [0.2, 0.25) is 5.02 Å². The van der Waals surface area contributed by atoms with Gasteiger partial charge in [0.15, 0.2) is 0 Å². The van der Waals surface area contributed by atoms with Crippen LogP contribution in [0.15, 0.2) is 78.9 Å². The van der Waals surface area contributed by atoms with Gasteiger partial charge in [0.25, 0.3) is 0 Å². The molecule has 1 atom stereocenters. The first-order valence-electron chi connectivity index (χ1n) is 11.0. The van der Waals surface area contributed by atoms with Gasteiger partial charge in [-0.2, -0.15) is 5.10 Å². The number of hydrogen-bond donors (Lipinski definition) is 1. The molecule has 5 nitrogen and oxygen atoms in total. The van der Waals surface area contributed by atoms with Crippen molar-refractivity contribution in [2.75, 3.05) is 7.11 Å². The Bertz CT molecular complexity index is 1290. The van der Waals surface area contributed by atoms with E-state index in [1.165, 1.54) is 12.1 Å². The van der Waals surface area contributed by atoms with E-state index in [4.69, 9.17) is 21.4 Å². The highest BCUT2D eigenvalue weighted by Crippen LogP contribution is 2.26. The highest BCUT2D eigenvalue weighted by molar-refractivity contribution is 6.30. The van der Waals surface area contributed by atoms with E-state index in [1.54, 1.807) is 23.9 Å². The zero-order valence-corrected chi connectivity index (χ0v) is 19.7. The van der Waals surface area contributed by atoms with Gasteiger partial charge in [0.2, 0.25) is 5.91 Å². The van der Waals surface area contributed by atoms with E-state index in [-0.39, 0.29) is 24.2 Å². The number of halogens is 2. The molecule has 1 heterocycles. The second kappa shape index (κ2) is 10.5. The molecule has 4 aromatic rings. The summed E-state index contributed by atoms with van der Waals surface area (Å²) >= 11 is 6.06. The third kappa shape index (κ3) is 5.64. The molecule has 0 aliphatic heterocycles. The molecule has 1 amide bonds. The Morgan fingerprint density at radius 2 is 1.85 bits per heavy atom. The van der Waals surface area contributed by atoms with Crippen molar-refractivity contribution in [1.82, 2.24) is 15.1 Å². The first-order valence-corrected chi connectivity index (χ1v) is 11.3. The third-order valence-electron chi connectivity index (χ3n) is 5.53. The van der Waals surface area contributed by atoms with Crippen molar-refractivity contribution in [3.8, 4) is 22.7 Å². The molecule has 1 N–H and O–H groups in total. The molecule has 7 heteroatoms. The van der Waals surface area contributed by atoms with Crippen LogP contribution >= 0.6 is 11.6 Å². The van der Waals surface area contributed by atoms with Crippen LogP contribution in [0.25, 0.3) is 16.9 Å². The first kappa shape index (κ1) is 23.5. The lowest BCUT2D eigenvalue weighted by atomic mass is 10.1. The number of nitrogens with zero attached hydrogens (tertiary/aromatic N) is 2. The van der Waals surface area contributed by atoms with Crippen molar-refractivity contribution in [2.45, 2.75) is 25.8 Å². The Balaban J connectivity index is 1.53. The Hall–Kier alpha value is -3.64. The first-order chi connectivity index (χ1) is 16.4. The Morgan fingerprint density at radius 3 is 2.56 bits per heavy atom. The summed E-state index contributed by atoms with van der Waals surface area (Å²) in [5, 5.41) is 8.35. The van der Waals surface area contributed by atoms with Gasteiger partial charge in [0.1, 0.15) is 11.6 Å². The number of aryl methyl sites for hydroxylation is 1. The van der Waals surface area contributed by atoms with Crippen molar-refractivity contribution < 1.29 is 13.9 Å². The molecule has 0 bridgehead atoms. The number of ether oxygens (including phenoxy) is 1. The molecule has 4 rings (SSSR count). The van der Waals surface area contributed by atoms with Crippen molar-refractivity contribution in [3.63, 3.8) is 0 Å². The summed E-state index contributed by atoms with van der Waals surface area (Å²) in [6.07, 6.45) is 0.715. The maximum absolute atomic E-state index is 13.9. The molecular weight excluding hydrogens is 453 g/mol. The van der Waals surface area contributed by atoms with Crippen LogP contribution in [0.5, 0.6) is 5.75 Å². The van der Waals surface area contributed by atoms with Gasteiger partial charge in [-0.15, -0.1) is 0 Å². The minimum absolute atomic E-state index is 0.0845. The maximum Gasteiger partial charge on any atom is 0.220 e. The lowest BCUT2D eigenvalue weighted by molar-refractivity contribution is -0.121. The van der Waals surface area contributed by atoms with Crippen LogP contribution in [0.1, 0.15) is 30.6 Å². The molecule has 0 aliphatic carbocycles. The summed E-state index contributed by atoms with van der Waals surface area (Å²) in [6.45, 7) is 1.92. The van der Waals surface area contributed by atoms with Crippen LogP contribution in [0.3, 0.4) is 0 Å². The van der Waals surface area contributed by atoms with E-state index < -0.39 is 0 Å². The summed E-state index contributed by atoms with van der Waals surface area (Å²) in [7, 11) is 1.61. The number of hydrogen-bond acceptors (Lipinski definition) is 3. The number of carbonyl (C=O) groups is 1. The molecule has 0 radical (unpaired) electrons. The van der Waals surface area contributed by atoms with Crippen molar-refractivity contribution in [1.29, 1.82) is 0 Å². The normalized spacial score (nSPS) is 11.8. The second-order valence-electron chi connectivity index (χ2n) is 7.99. The summed E-state index contributed by atoms with van der Waals surface area (Å²) < 4.78 is 20.9. The van der Waals surface area contributed by atoms with Gasteiger partial charge in [0, 0.05) is 23.4 Å². The summed E-state index contributed by atoms with van der Waals surface area (Å²) in [4.78, 5) is 12.6. The standard InChI is InChI=1S/C27H25ClFN3O2/c1-18(19-5-3-7-21(28)15-19)30-27(33)14-9-23-17-26(20-6-4-8-22(29)16-20)32(31-23)24-10-12-25(34-2)13-11-24/h3-8,10-13,15-18H,9,14H2,1-2H3,(H,30,33)/t18-/m1/s1. The predicted octanol–water partition coefficient (Wildman–Crippen LogP) is 6.15. The van der Waals surface area contributed by atoms with Crippen LogP contribution in [-0.4, -0.2) is 22.8 Å². The zero-order chi connectivity index (χ0) is 24.1. The fraction of sp³-hybridized carbons (Fsp3) is 0.185. The minimum atomic E-state index is -0.323. The van der Waals surface area contributed by atoms with E-state index in [0.717, 1.165) is 28.4 Å². The molecule has 3 aromatic carbocycles. The van der Waals surface area contributed by atoms with Crippen LogP contribution in [-0.2, 0) is 11.2 Å². The van der Waals surface area contributed by atoms with Gasteiger partial charge in [-0.05, 0) is 67.1 Å². The summed E-state index contributed by atoms with van der Waals surface area (Å²) in [5.41, 5.74) is 3.94. The zero-order valence-electron chi connectivity index (χ0n) is 19.0. The highest BCUT2D eigenvalue weighted by atomic mass is 35.5. The number of carbonyl (C=O) groups excluding carboxylic acids is 1. The molecule has 0 spiro atoms. The molecule has 34 heavy (non-hydrogen) atoms. The number of rotatable bonds is 8. The van der Waals surface area contributed by atoms with Crippen molar-refractivity contribution >= 4 is 17.5 Å². The Morgan fingerprint density at radius 1 is 1.09 bits per heavy atom. The van der Waals surface area contributed by atoms with Crippen LogP contribution in [0, 0.1) is 5.82 Å². The van der Waals surface area contributed by atoms with E-state index in [2.05, 4.69) is 5.32 Å². The fourth-order valence-corrected chi connectivity index (χ4v) is 3.94. The smallest absolute Gasteiger partial charge is 0.220 e. The molecule has 0 saturated carbocycles. The van der Waals surface area contributed by atoms with Crippen LogP contribution < -0.4 is 10.1 Å². The minimum Gasteiger partial charge on any atom is -0.497 e. The summed E-state index contributed by atoms with van der Waals surface area (Å²) in [6, 6.07) is 23.0. The Labute approximate surface area is 203 Å². The SMILES string of the molecule is COc1ccc(-n2nc(CCC(=O)N[C@H](C)c3cccc(Cl)c3)cc2-c2cccc(F)c2)cc1. The Kier molecular flexibility index (Phi) is 7.28. The van der Waals surface area contributed by atoms with Gasteiger partial charge < -0.3 is 10.1 Å². The second-order valence-corrected chi connectivity index (χ2v) is 8.42. The highest BCUT2D eigenvalue weighted by Gasteiger charge is 2.15. The van der Waals surface area contributed by atoms with Gasteiger partial charge in [-0.25, -0.2) is 9.07 Å². The average Bonchev–Trinajstić information content (AvgIpc) is 3.27. The number of aromatic nitrogens is 2. The van der Waals surface area contributed by atoms with E-state index >= 15 is 0 Å². The lowest BCUT2D eigenvalue weighted by Gasteiger charge is -2.14. The van der Waals surface area contributed by atoms with Crippen molar-refractivity contribution in [3.05, 3.63) is 101 Å². The molecule has 0 saturated heterocycles. The predicted molar refractivity (Wildman–Crippen MR) is 132 cm³/mol. The van der Waals surface area contributed by atoms with Gasteiger partial charge >= 0.3 is 0 Å². The van der Waals surface area contributed by atoms with Gasteiger partial charge in [-0.3, -0.25) is 4.79 Å². The molecule has 0 fully saturated rings. The van der Waals surface area contributed by atoms with Crippen molar-refractivity contribution in [2.24, 2.45) is 0 Å². The van der Waals surface area contributed by atoms with Gasteiger partial charge in [-0.1, -0.05) is 35.9 Å². The van der Waals surface area contributed by atoms with E-state index in [0.29, 0.717) is 17.0 Å². The molecule has 0 aliphatic rings. The maximum atomic E-state index is 13.9. The molecule has 1 aromatic heterocycles. The molecule has 174 valence electrons. The lowest BCUT2D eigenvalue weighted by Crippen LogP contribution is -2.26. The third-order valence-corrected chi connectivity index (χ3v) is 5.77. The van der Waals surface area contributed by atoms with E-state index in [1.807, 2.05) is 61.5 Å². The molecular formula is C27H25ClFN3O2. The topological polar surface area (TPSA) is 56.2 Å². The molecule has 0 unspecified atom stereocenters. The number of methoxy groups -OCH3 is 1. The quantitative estimate of drug-likeness (QED) is 0.331. The largest absolute Gasteiger partial charge is 0.497 e. The average molecular weight is 478 g/mol. The fourth-order valence-electron chi connectivity index (χ4n) is 3.74. The number of nitrogens with one attached hydrogen (secondary N) is 1. The van der Waals surface area contributed by atoms with Gasteiger partial charge in [0.05, 0.1) is 30.2 Å². The van der Waals surface area contributed by atoms with Crippen LogP contribution in [0.4, 0.5) is 4.39 Å².